The van der Waals surface area contributed by atoms with E-state index in [-0.39, 0.29) is 11.9 Å². The Morgan fingerprint density at radius 3 is 2.41 bits per heavy atom. The van der Waals surface area contributed by atoms with E-state index in [2.05, 4.69) is 27.5 Å². The smallest absolute Gasteiger partial charge is 0.273 e. The predicted molar refractivity (Wildman–Crippen MR) is 104 cm³/mol. The van der Waals surface area contributed by atoms with Gasteiger partial charge in [0.25, 0.3) is 5.91 Å². The maximum atomic E-state index is 12.6. The molecule has 27 heavy (non-hydrogen) atoms. The molecule has 0 unspecified atom stereocenters. The van der Waals surface area contributed by atoms with E-state index in [0.29, 0.717) is 18.0 Å². The Bertz CT molecular complexity index is 871. The van der Waals surface area contributed by atoms with Gasteiger partial charge in [-0.2, -0.15) is 0 Å². The number of nitrogens with one attached hydrogen (secondary N) is 1. The molecule has 2 heterocycles. The molecule has 138 valence electrons. The molecule has 1 aromatic heterocycles. The number of nitrogens with zero attached hydrogens (tertiary/aromatic N) is 2. The Balaban J connectivity index is 1.45. The van der Waals surface area contributed by atoms with Crippen LogP contribution < -0.4 is 5.32 Å². The van der Waals surface area contributed by atoms with E-state index in [4.69, 9.17) is 4.52 Å². The molecule has 1 saturated heterocycles. The topological polar surface area (TPSA) is 58.4 Å². The summed E-state index contributed by atoms with van der Waals surface area (Å²) in [4.78, 5) is 15.0. The van der Waals surface area contributed by atoms with E-state index in [1.54, 1.807) is 6.07 Å². The van der Waals surface area contributed by atoms with E-state index in [1.165, 1.54) is 18.4 Å². The zero-order chi connectivity index (χ0) is 18.5. The number of benzene rings is 2. The van der Waals surface area contributed by atoms with Crippen molar-refractivity contribution in [1.29, 1.82) is 0 Å². The number of carbonyl (C=O) groups is 1. The van der Waals surface area contributed by atoms with Crippen molar-refractivity contribution in [3.8, 4) is 11.3 Å². The minimum Gasteiger partial charge on any atom is -0.355 e. The summed E-state index contributed by atoms with van der Waals surface area (Å²) < 4.78 is 5.34. The lowest BCUT2D eigenvalue weighted by molar-refractivity contribution is 0.0929. The third kappa shape index (κ3) is 4.09. The zero-order valence-electron chi connectivity index (χ0n) is 15.2. The second-order valence-corrected chi connectivity index (χ2v) is 6.82. The Kier molecular flexibility index (Phi) is 5.30. The van der Waals surface area contributed by atoms with Gasteiger partial charge in [0.05, 0.1) is 6.04 Å². The number of rotatable bonds is 6. The molecule has 1 amide bonds. The molecule has 1 atom stereocenters. The quantitative estimate of drug-likeness (QED) is 0.723. The molecule has 3 aromatic rings. The van der Waals surface area contributed by atoms with Crippen molar-refractivity contribution in [2.45, 2.75) is 18.9 Å². The normalized spacial score (nSPS) is 15.6. The van der Waals surface area contributed by atoms with E-state index in [0.717, 1.165) is 18.7 Å². The molecule has 1 fully saturated rings. The van der Waals surface area contributed by atoms with Crippen LogP contribution in [-0.4, -0.2) is 35.6 Å². The van der Waals surface area contributed by atoms with Crippen LogP contribution in [-0.2, 0) is 0 Å². The van der Waals surface area contributed by atoms with Crippen LogP contribution in [0.25, 0.3) is 11.3 Å². The largest absolute Gasteiger partial charge is 0.355 e. The highest BCUT2D eigenvalue weighted by Gasteiger charge is 2.24. The third-order valence-electron chi connectivity index (χ3n) is 5.02. The monoisotopic (exact) mass is 361 g/mol. The fourth-order valence-corrected chi connectivity index (χ4v) is 3.59. The summed E-state index contributed by atoms with van der Waals surface area (Å²) in [7, 11) is 0. The van der Waals surface area contributed by atoms with Gasteiger partial charge in [0.15, 0.2) is 11.5 Å². The van der Waals surface area contributed by atoms with Gasteiger partial charge in [-0.25, -0.2) is 0 Å². The Morgan fingerprint density at radius 2 is 1.70 bits per heavy atom. The van der Waals surface area contributed by atoms with E-state index in [9.17, 15) is 4.79 Å². The Labute approximate surface area is 159 Å². The Hall–Kier alpha value is -2.92. The molecule has 5 nitrogen and oxygen atoms in total. The van der Waals surface area contributed by atoms with E-state index < -0.39 is 0 Å². The molecule has 0 spiro atoms. The molecule has 1 aliphatic rings. The molecule has 0 aliphatic carbocycles. The van der Waals surface area contributed by atoms with Crippen LogP contribution in [0.3, 0.4) is 0 Å². The highest BCUT2D eigenvalue weighted by molar-refractivity contribution is 5.93. The lowest BCUT2D eigenvalue weighted by Crippen LogP contribution is -2.36. The summed E-state index contributed by atoms with van der Waals surface area (Å²) in [6.45, 7) is 2.69. The molecule has 1 aliphatic heterocycles. The van der Waals surface area contributed by atoms with Crippen LogP contribution in [0.1, 0.15) is 34.9 Å². The van der Waals surface area contributed by atoms with Crippen LogP contribution in [0.4, 0.5) is 0 Å². The molecular weight excluding hydrogens is 338 g/mol. The van der Waals surface area contributed by atoms with Gasteiger partial charge >= 0.3 is 0 Å². The molecule has 4 rings (SSSR count). The van der Waals surface area contributed by atoms with Gasteiger partial charge < -0.3 is 9.84 Å². The van der Waals surface area contributed by atoms with Gasteiger partial charge in [-0.15, -0.1) is 0 Å². The number of aromatic nitrogens is 1. The van der Waals surface area contributed by atoms with E-state index >= 15 is 0 Å². The van der Waals surface area contributed by atoms with Gasteiger partial charge in [0, 0.05) is 18.2 Å². The van der Waals surface area contributed by atoms with Gasteiger partial charge in [-0.3, -0.25) is 9.69 Å². The third-order valence-corrected chi connectivity index (χ3v) is 5.02. The minimum absolute atomic E-state index is 0.179. The number of likely N-dealkylation sites (tertiary alicyclic amines) is 1. The first-order chi connectivity index (χ1) is 13.3. The molecule has 1 N–H and O–H groups in total. The fourth-order valence-electron chi connectivity index (χ4n) is 3.59. The zero-order valence-corrected chi connectivity index (χ0v) is 15.2. The van der Waals surface area contributed by atoms with Gasteiger partial charge in [0.2, 0.25) is 0 Å². The first-order valence-corrected chi connectivity index (χ1v) is 9.40. The maximum Gasteiger partial charge on any atom is 0.273 e. The van der Waals surface area contributed by atoms with Crippen molar-refractivity contribution in [2.24, 2.45) is 0 Å². The van der Waals surface area contributed by atoms with Gasteiger partial charge in [-0.1, -0.05) is 65.8 Å². The molecule has 5 heteroatoms. The van der Waals surface area contributed by atoms with Crippen LogP contribution in [0.5, 0.6) is 0 Å². The van der Waals surface area contributed by atoms with Crippen molar-refractivity contribution >= 4 is 5.91 Å². The van der Waals surface area contributed by atoms with Crippen molar-refractivity contribution in [3.05, 3.63) is 78.0 Å². The van der Waals surface area contributed by atoms with Gasteiger partial charge in [0.1, 0.15) is 0 Å². The standard InChI is InChI=1S/C22H23N3O2/c26-22(19-15-21(27-24-19)18-11-5-2-6-12-18)23-16-20(25-13-7-8-14-25)17-9-3-1-4-10-17/h1-6,9-12,15,20H,7-8,13-14,16H2,(H,23,26)/t20-/m0/s1. The lowest BCUT2D eigenvalue weighted by Gasteiger charge is -2.28. The molecule has 0 bridgehead atoms. The SMILES string of the molecule is O=C(NC[C@@H](c1ccccc1)N1CCCC1)c1cc(-c2ccccc2)on1. The minimum atomic E-state index is -0.207. The van der Waals surface area contributed by atoms with Crippen molar-refractivity contribution in [2.75, 3.05) is 19.6 Å². The Morgan fingerprint density at radius 1 is 1.04 bits per heavy atom. The summed E-state index contributed by atoms with van der Waals surface area (Å²) in [6, 6.07) is 21.9. The highest BCUT2D eigenvalue weighted by Crippen LogP contribution is 2.25. The first-order valence-electron chi connectivity index (χ1n) is 9.40. The second-order valence-electron chi connectivity index (χ2n) is 6.82. The maximum absolute atomic E-state index is 12.6. The average Bonchev–Trinajstić information content (AvgIpc) is 3.42. The summed E-state index contributed by atoms with van der Waals surface area (Å²) in [5.41, 5.74) is 2.44. The summed E-state index contributed by atoms with van der Waals surface area (Å²) in [6.07, 6.45) is 2.42. The number of amides is 1. The van der Waals surface area contributed by atoms with Crippen molar-refractivity contribution < 1.29 is 9.32 Å². The summed E-state index contributed by atoms with van der Waals surface area (Å²) in [5.74, 6) is 0.390. The van der Waals surface area contributed by atoms with Crippen molar-refractivity contribution in [1.82, 2.24) is 15.4 Å². The number of hydrogen-bond donors (Lipinski definition) is 1. The summed E-state index contributed by atoms with van der Waals surface area (Å²) >= 11 is 0. The molecule has 0 saturated carbocycles. The van der Waals surface area contributed by atoms with Crippen LogP contribution >= 0.6 is 0 Å². The number of carbonyl (C=O) groups excluding carboxylic acids is 1. The van der Waals surface area contributed by atoms with Crippen LogP contribution in [0.2, 0.25) is 0 Å². The average molecular weight is 361 g/mol. The highest BCUT2D eigenvalue weighted by atomic mass is 16.5. The lowest BCUT2D eigenvalue weighted by atomic mass is 10.1. The van der Waals surface area contributed by atoms with Crippen molar-refractivity contribution in [3.63, 3.8) is 0 Å². The molecule has 0 radical (unpaired) electrons. The van der Waals surface area contributed by atoms with Gasteiger partial charge in [-0.05, 0) is 31.5 Å². The first kappa shape index (κ1) is 17.5. The molecule has 2 aromatic carbocycles. The van der Waals surface area contributed by atoms with Crippen LogP contribution in [0, 0.1) is 0 Å². The fraction of sp³-hybridized carbons (Fsp3) is 0.273. The van der Waals surface area contributed by atoms with E-state index in [1.807, 2.05) is 48.5 Å². The predicted octanol–water partition coefficient (Wildman–Crippen LogP) is 3.91. The second kappa shape index (κ2) is 8.18. The summed E-state index contributed by atoms with van der Waals surface area (Å²) in [5, 5.41) is 6.98. The molecular formula is C22H23N3O2. The number of hydrogen-bond acceptors (Lipinski definition) is 4. The van der Waals surface area contributed by atoms with Crippen LogP contribution in [0.15, 0.2) is 71.3 Å².